The molecule has 1 aromatic carbocycles. The molecule has 1 aromatic rings. The predicted molar refractivity (Wildman–Crippen MR) is 83.0 cm³/mol. The molecule has 108 valence electrons. The van der Waals surface area contributed by atoms with Crippen LogP contribution in [-0.4, -0.2) is 30.7 Å². The summed E-state index contributed by atoms with van der Waals surface area (Å²) < 4.78 is 0. The highest BCUT2D eigenvalue weighted by Crippen LogP contribution is 2.43. The molecule has 0 radical (unpaired) electrons. The molecule has 0 spiro atoms. The predicted octanol–water partition coefficient (Wildman–Crippen LogP) is 3.45. The molecule has 20 heavy (non-hydrogen) atoms. The van der Waals surface area contributed by atoms with E-state index in [2.05, 4.69) is 34.5 Å². The van der Waals surface area contributed by atoms with E-state index < -0.39 is 0 Å². The Labute approximate surface area is 122 Å². The van der Waals surface area contributed by atoms with E-state index in [1.165, 1.54) is 51.6 Å². The van der Waals surface area contributed by atoms with Crippen LogP contribution < -0.4 is 5.32 Å². The lowest BCUT2D eigenvalue weighted by Crippen LogP contribution is -2.38. The van der Waals surface area contributed by atoms with Crippen LogP contribution in [0.1, 0.15) is 61.5 Å². The summed E-state index contributed by atoms with van der Waals surface area (Å²) in [7, 11) is 0. The van der Waals surface area contributed by atoms with E-state index in [0.29, 0.717) is 0 Å². The fourth-order valence-electron chi connectivity index (χ4n) is 3.58. The molecule has 2 atom stereocenters. The van der Waals surface area contributed by atoms with Crippen molar-refractivity contribution < 1.29 is 0 Å². The SMILES string of the molecule is c1cc(C2CC2NCN2CCCCC2)ccc1C1CC1. The maximum atomic E-state index is 3.75. The molecule has 4 rings (SSSR count). The average Bonchev–Trinajstić information content (AvgIpc) is 3.40. The monoisotopic (exact) mass is 270 g/mol. The van der Waals surface area contributed by atoms with E-state index in [9.17, 15) is 0 Å². The van der Waals surface area contributed by atoms with Crippen molar-refractivity contribution in [3.8, 4) is 0 Å². The summed E-state index contributed by atoms with van der Waals surface area (Å²) in [6, 6.07) is 10.2. The third-order valence-electron chi connectivity index (χ3n) is 5.23. The van der Waals surface area contributed by atoms with Crippen molar-refractivity contribution in [2.75, 3.05) is 19.8 Å². The van der Waals surface area contributed by atoms with Crippen LogP contribution in [0.3, 0.4) is 0 Å². The fraction of sp³-hybridized carbons (Fsp3) is 0.667. The summed E-state index contributed by atoms with van der Waals surface area (Å²) in [4.78, 5) is 2.58. The van der Waals surface area contributed by atoms with Crippen LogP contribution in [0.5, 0.6) is 0 Å². The minimum Gasteiger partial charge on any atom is -0.301 e. The Morgan fingerprint density at radius 3 is 2.35 bits per heavy atom. The number of hydrogen-bond acceptors (Lipinski definition) is 2. The van der Waals surface area contributed by atoms with Crippen molar-refractivity contribution >= 4 is 0 Å². The first kappa shape index (κ1) is 12.8. The second-order valence-corrected chi connectivity index (χ2v) is 6.93. The lowest BCUT2D eigenvalue weighted by Gasteiger charge is -2.26. The van der Waals surface area contributed by atoms with Gasteiger partial charge in [0, 0.05) is 18.6 Å². The van der Waals surface area contributed by atoms with Crippen molar-refractivity contribution in [2.45, 2.75) is 56.4 Å². The van der Waals surface area contributed by atoms with Crippen LogP contribution in [0, 0.1) is 0 Å². The summed E-state index contributed by atoms with van der Waals surface area (Å²) in [6.45, 7) is 3.68. The third-order valence-corrected chi connectivity index (χ3v) is 5.23. The topological polar surface area (TPSA) is 15.3 Å². The first-order chi connectivity index (χ1) is 9.90. The van der Waals surface area contributed by atoms with Crippen LogP contribution in [-0.2, 0) is 0 Å². The van der Waals surface area contributed by atoms with E-state index in [0.717, 1.165) is 24.5 Å². The molecule has 2 unspecified atom stereocenters. The van der Waals surface area contributed by atoms with Crippen LogP contribution in [0.25, 0.3) is 0 Å². The lowest BCUT2D eigenvalue weighted by molar-refractivity contribution is 0.211. The van der Waals surface area contributed by atoms with Gasteiger partial charge in [-0.05, 0) is 62.2 Å². The van der Waals surface area contributed by atoms with Gasteiger partial charge in [0.05, 0.1) is 0 Å². The molecule has 1 saturated heterocycles. The van der Waals surface area contributed by atoms with Crippen molar-refractivity contribution in [3.63, 3.8) is 0 Å². The smallest absolute Gasteiger partial charge is 0.0482 e. The van der Waals surface area contributed by atoms with Gasteiger partial charge in [-0.2, -0.15) is 0 Å². The average molecular weight is 270 g/mol. The van der Waals surface area contributed by atoms with Crippen molar-refractivity contribution in [1.29, 1.82) is 0 Å². The highest BCUT2D eigenvalue weighted by Gasteiger charge is 2.38. The van der Waals surface area contributed by atoms with Gasteiger partial charge in [-0.1, -0.05) is 30.7 Å². The van der Waals surface area contributed by atoms with Crippen molar-refractivity contribution in [2.24, 2.45) is 0 Å². The highest BCUT2D eigenvalue weighted by atomic mass is 15.2. The van der Waals surface area contributed by atoms with Gasteiger partial charge in [-0.15, -0.1) is 0 Å². The van der Waals surface area contributed by atoms with Crippen LogP contribution in [0.4, 0.5) is 0 Å². The molecule has 1 N–H and O–H groups in total. The Kier molecular flexibility index (Phi) is 3.53. The molecule has 0 aromatic heterocycles. The van der Waals surface area contributed by atoms with Gasteiger partial charge in [0.1, 0.15) is 0 Å². The Morgan fingerprint density at radius 2 is 1.65 bits per heavy atom. The van der Waals surface area contributed by atoms with Gasteiger partial charge in [0.25, 0.3) is 0 Å². The Bertz CT molecular complexity index is 443. The number of likely N-dealkylation sites (tertiary alicyclic amines) is 1. The second-order valence-electron chi connectivity index (χ2n) is 6.93. The Balaban J connectivity index is 1.26. The number of piperidine rings is 1. The van der Waals surface area contributed by atoms with E-state index in [4.69, 9.17) is 0 Å². The first-order valence-electron chi connectivity index (χ1n) is 8.46. The molecule has 2 nitrogen and oxygen atoms in total. The zero-order valence-corrected chi connectivity index (χ0v) is 12.4. The standard InChI is InChI=1S/C18H26N2/c1-2-10-20(11-3-1)13-19-18-12-17(18)16-8-6-15(7-9-16)14-4-5-14/h6-9,14,17-19H,1-5,10-13H2. The molecule has 2 heteroatoms. The zero-order chi connectivity index (χ0) is 13.4. The van der Waals surface area contributed by atoms with Crippen molar-refractivity contribution in [1.82, 2.24) is 10.2 Å². The largest absolute Gasteiger partial charge is 0.301 e. The summed E-state index contributed by atoms with van der Waals surface area (Å²) in [6.07, 6.45) is 8.34. The molecule has 1 aliphatic heterocycles. The molecule has 3 fully saturated rings. The van der Waals surface area contributed by atoms with Crippen LogP contribution in [0.2, 0.25) is 0 Å². The van der Waals surface area contributed by atoms with Gasteiger partial charge >= 0.3 is 0 Å². The molecule has 0 amide bonds. The molecule has 0 bridgehead atoms. The maximum Gasteiger partial charge on any atom is 0.0482 e. The first-order valence-corrected chi connectivity index (χ1v) is 8.46. The Hall–Kier alpha value is -0.860. The minimum absolute atomic E-state index is 0.726. The van der Waals surface area contributed by atoms with E-state index in [1.807, 2.05) is 0 Å². The lowest BCUT2D eigenvalue weighted by atomic mass is 10.1. The summed E-state index contributed by atoms with van der Waals surface area (Å²) in [5, 5.41) is 3.75. The van der Waals surface area contributed by atoms with E-state index in [1.54, 1.807) is 11.1 Å². The second kappa shape index (κ2) is 5.50. The van der Waals surface area contributed by atoms with Gasteiger partial charge < -0.3 is 5.32 Å². The molecule has 3 aliphatic rings. The number of nitrogens with one attached hydrogen (secondary N) is 1. The zero-order valence-electron chi connectivity index (χ0n) is 12.4. The summed E-state index contributed by atoms with van der Waals surface area (Å²) >= 11 is 0. The van der Waals surface area contributed by atoms with Gasteiger partial charge in [0.2, 0.25) is 0 Å². The van der Waals surface area contributed by atoms with E-state index >= 15 is 0 Å². The van der Waals surface area contributed by atoms with Crippen LogP contribution in [0.15, 0.2) is 24.3 Å². The summed E-state index contributed by atoms with van der Waals surface area (Å²) in [5.74, 6) is 1.66. The highest BCUT2D eigenvalue weighted by molar-refractivity contribution is 5.33. The number of nitrogens with zero attached hydrogens (tertiary/aromatic N) is 1. The molecular formula is C18H26N2. The van der Waals surface area contributed by atoms with Crippen molar-refractivity contribution in [3.05, 3.63) is 35.4 Å². The molecule has 1 heterocycles. The maximum absolute atomic E-state index is 3.75. The normalized spacial score (nSPS) is 30.4. The number of benzene rings is 1. The molecule has 2 aliphatic carbocycles. The van der Waals surface area contributed by atoms with Gasteiger partial charge in [-0.3, -0.25) is 4.90 Å². The number of hydrogen-bond donors (Lipinski definition) is 1. The Morgan fingerprint density at radius 1 is 0.950 bits per heavy atom. The summed E-state index contributed by atoms with van der Waals surface area (Å²) in [5.41, 5.74) is 3.11. The third kappa shape index (κ3) is 2.91. The quantitative estimate of drug-likeness (QED) is 0.881. The van der Waals surface area contributed by atoms with Crippen LogP contribution >= 0.6 is 0 Å². The molecule has 2 saturated carbocycles. The number of rotatable bonds is 5. The minimum atomic E-state index is 0.726. The molecular weight excluding hydrogens is 244 g/mol. The van der Waals surface area contributed by atoms with Gasteiger partial charge in [-0.25, -0.2) is 0 Å². The van der Waals surface area contributed by atoms with E-state index in [-0.39, 0.29) is 0 Å². The van der Waals surface area contributed by atoms with Gasteiger partial charge in [0.15, 0.2) is 0 Å². The fourth-order valence-corrected chi connectivity index (χ4v) is 3.58.